The summed E-state index contributed by atoms with van der Waals surface area (Å²) in [7, 11) is 0. The van der Waals surface area contributed by atoms with Crippen molar-refractivity contribution in [3.63, 3.8) is 0 Å². The number of non-ortho nitro benzene ring substituents is 1. The fourth-order valence-electron chi connectivity index (χ4n) is 3.41. The predicted molar refractivity (Wildman–Crippen MR) is 140 cm³/mol. The maximum absolute atomic E-state index is 10.9. The van der Waals surface area contributed by atoms with E-state index in [0.29, 0.717) is 6.54 Å². The number of rotatable bonds is 9. The van der Waals surface area contributed by atoms with E-state index in [9.17, 15) is 10.1 Å². The minimum absolute atomic E-state index is 0. The van der Waals surface area contributed by atoms with E-state index in [0.717, 1.165) is 57.3 Å². The van der Waals surface area contributed by atoms with E-state index < -0.39 is 0 Å². The predicted octanol–water partition coefficient (Wildman–Crippen LogP) is 3.66. The topological polar surface area (TPSA) is 92.0 Å². The molecule has 0 bridgehead atoms. The lowest BCUT2D eigenvalue weighted by atomic mass is 10.0. The molecule has 1 aromatic heterocycles. The zero-order valence-electron chi connectivity index (χ0n) is 18.6. The lowest BCUT2D eigenvalue weighted by molar-refractivity contribution is -0.384. The molecule has 3 rings (SSSR count). The number of halogens is 1. The highest BCUT2D eigenvalue weighted by Crippen LogP contribution is 2.15. The quantitative estimate of drug-likeness (QED) is 0.157. The van der Waals surface area contributed by atoms with E-state index in [2.05, 4.69) is 46.9 Å². The number of benzene rings is 1. The molecule has 0 saturated carbocycles. The van der Waals surface area contributed by atoms with Crippen molar-refractivity contribution in [2.24, 2.45) is 4.99 Å². The smallest absolute Gasteiger partial charge is 0.269 e. The fourth-order valence-corrected chi connectivity index (χ4v) is 4.12. The third-order valence-corrected chi connectivity index (χ3v) is 6.30. The lowest BCUT2D eigenvalue weighted by Crippen LogP contribution is -2.56. The number of nitro groups is 1. The molecule has 0 amide bonds. The van der Waals surface area contributed by atoms with Crippen LogP contribution in [0, 0.1) is 10.1 Å². The van der Waals surface area contributed by atoms with Crippen LogP contribution in [-0.2, 0) is 17.7 Å². The second-order valence-corrected chi connectivity index (χ2v) is 9.14. The SMILES string of the molecule is CC(C)(CNC(=NCc1ccc([N+](=O)[O-])cc1)NCCc1cccs1)N1CCOCC1.I. The number of nitrogens with zero attached hydrogens (tertiary/aromatic N) is 3. The van der Waals surface area contributed by atoms with E-state index in [1.54, 1.807) is 23.5 Å². The van der Waals surface area contributed by atoms with Gasteiger partial charge < -0.3 is 15.4 Å². The van der Waals surface area contributed by atoms with Crippen LogP contribution in [0.3, 0.4) is 0 Å². The van der Waals surface area contributed by atoms with Gasteiger partial charge in [-0.3, -0.25) is 15.0 Å². The van der Waals surface area contributed by atoms with E-state index in [4.69, 9.17) is 9.73 Å². The monoisotopic (exact) mass is 573 g/mol. The van der Waals surface area contributed by atoms with Gasteiger partial charge in [0.1, 0.15) is 0 Å². The molecule has 0 unspecified atom stereocenters. The third-order valence-electron chi connectivity index (χ3n) is 5.37. The maximum Gasteiger partial charge on any atom is 0.269 e. The van der Waals surface area contributed by atoms with Crippen molar-refractivity contribution in [3.05, 3.63) is 62.3 Å². The van der Waals surface area contributed by atoms with Crippen molar-refractivity contribution in [1.82, 2.24) is 15.5 Å². The van der Waals surface area contributed by atoms with Gasteiger partial charge in [0, 0.05) is 48.7 Å². The van der Waals surface area contributed by atoms with Crippen molar-refractivity contribution in [2.75, 3.05) is 39.4 Å². The Balaban J connectivity index is 0.00000363. The normalized spacial score (nSPS) is 15.1. The third kappa shape index (κ3) is 8.30. The van der Waals surface area contributed by atoms with Gasteiger partial charge in [0.2, 0.25) is 0 Å². The Labute approximate surface area is 210 Å². The molecule has 32 heavy (non-hydrogen) atoms. The first-order chi connectivity index (χ1) is 14.9. The number of thiophene rings is 1. The van der Waals surface area contributed by atoms with Crippen LogP contribution in [0.15, 0.2) is 46.8 Å². The molecule has 2 N–H and O–H groups in total. The first kappa shape index (κ1) is 26.5. The fraction of sp³-hybridized carbons (Fsp3) is 0.500. The molecule has 0 atom stereocenters. The number of hydrogen-bond donors (Lipinski definition) is 2. The first-order valence-corrected chi connectivity index (χ1v) is 11.4. The Hall–Kier alpha value is -1.76. The van der Waals surface area contributed by atoms with E-state index in [1.165, 1.54) is 17.0 Å². The number of aliphatic imine (C=N–C) groups is 1. The summed E-state index contributed by atoms with van der Waals surface area (Å²) in [5.41, 5.74) is 0.984. The first-order valence-electron chi connectivity index (χ1n) is 10.5. The highest BCUT2D eigenvalue weighted by atomic mass is 127. The molecule has 1 aromatic carbocycles. The highest BCUT2D eigenvalue weighted by Gasteiger charge is 2.28. The molecule has 0 spiro atoms. The molecule has 1 aliphatic rings. The van der Waals surface area contributed by atoms with Crippen LogP contribution in [0.1, 0.15) is 24.3 Å². The molecular formula is C22H32IN5O3S. The number of ether oxygens (including phenoxy) is 1. The summed E-state index contributed by atoms with van der Waals surface area (Å²) in [6, 6.07) is 10.7. The van der Waals surface area contributed by atoms with Gasteiger partial charge in [0.15, 0.2) is 5.96 Å². The standard InChI is InChI=1S/C22H31N5O3S.HI/c1-22(2,26-11-13-30-14-12-26)17-25-21(23-10-9-20-4-3-15-31-20)24-16-18-5-7-19(8-6-18)27(28)29;/h3-8,15H,9-14,16-17H2,1-2H3,(H2,23,24,25);1H. The van der Waals surface area contributed by atoms with Crippen LogP contribution in [0.2, 0.25) is 0 Å². The summed E-state index contributed by atoms with van der Waals surface area (Å²) in [4.78, 5) is 18.9. The minimum Gasteiger partial charge on any atom is -0.379 e. The summed E-state index contributed by atoms with van der Waals surface area (Å²) in [6.07, 6.45) is 0.933. The lowest BCUT2D eigenvalue weighted by Gasteiger charge is -2.41. The molecule has 176 valence electrons. The van der Waals surface area contributed by atoms with Crippen molar-refractivity contribution in [2.45, 2.75) is 32.4 Å². The number of guanidine groups is 1. The summed E-state index contributed by atoms with van der Waals surface area (Å²) in [5.74, 6) is 0.747. The van der Waals surface area contributed by atoms with Crippen LogP contribution >= 0.6 is 35.3 Å². The molecule has 1 saturated heterocycles. The highest BCUT2D eigenvalue weighted by molar-refractivity contribution is 14.0. The number of nitrogens with one attached hydrogen (secondary N) is 2. The van der Waals surface area contributed by atoms with Gasteiger partial charge in [-0.05, 0) is 37.3 Å². The zero-order valence-corrected chi connectivity index (χ0v) is 21.7. The van der Waals surface area contributed by atoms with Crippen LogP contribution in [-0.4, -0.2) is 60.7 Å². The van der Waals surface area contributed by atoms with Crippen molar-refractivity contribution in [3.8, 4) is 0 Å². The molecule has 0 radical (unpaired) electrons. The van der Waals surface area contributed by atoms with Gasteiger partial charge >= 0.3 is 0 Å². The van der Waals surface area contributed by atoms with Crippen LogP contribution in [0.4, 0.5) is 5.69 Å². The van der Waals surface area contributed by atoms with Gasteiger partial charge in [-0.2, -0.15) is 0 Å². The average Bonchev–Trinajstić information content (AvgIpc) is 3.29. The number of nitro benzene ring substituents is 1. The largest absolute Gasteiger partial charge is 0.379 e. The van der Waals surface area contributed by atoms with E-state index >= 15 is 0 Å². The average molecular weight is 574 g/mol. The zero-order chi connectivity index (χ0) is 22.1. The summed E-state index contributed by atoms with van der Waals surface area (Å²) in [5, 5.41) is 19.9. The van der Waals surface area contributed by atoms with Crippen molar-refractivity contribution < 1.29 is 9.66 Å². The van der Waals surface area contributed by atoms with Crippen LogP contribution in [0.25, 0.3) is 0 Å². The second-order valence-electron chi connectivity index (χ2n) is 8.11. The van der Waals surface area contributed by atoms with Gasteiger partial charge in [0.05, 0.1) is 24.7 Å². The summed E-state index contributed by atoms with van der Waals surface area (Å²) < 4.78 is 5.48. The van der Waals surface area contributed by atoms with E-state index in [1.807, 2.05) is 0 Å². The molecule has 2 aromatic rings. The number of hydrogen-bond acceptors (Lipinski definition) is 6. The van der Waals surface area contributed by atoms with Crippen molar-refractivity contribution in [1.29, 1.82) is 0 Å². The Morgan fingerprint density at radius 2 is 1.94 bits per heavy atom. The maximum atomic E-state index is 10.9. The van der Waals surface area contributed by atoms with E-state index in [-0.39, 0.29) is 40.1 Å². The van der Waals surface area contributed by atoms with Gasteiger partial charge in [-0.25, -0.2) is 4.99 Å². The summed E-state index contributed by atoms with van der Waals surface area (Å²) >= 11 is 1.75. The molecule has 8 nitrogen and oxygen atoms in total. The molecular weight excluding hydrogens is 541 g/mol. The Morgan fingerprint density at radius 1 is 1.22 bits per heavy atom. The van der Waals surface area contributed by atoms with Crippen LogP contribution < -0.4 is 10.6 Å². The summed E-state index contributed by atoms with van der Waals surface area (Å²) in [6.45, 7) is 9.82. The molecule has 1 aliphatic heterocycles. The minimum atomic E-state index is -0.389. The van der Waals surface area contributed by atoms with Gasteiger partial charge in [0.25, 0.3) is 5.69 Å². The Bertz CT molecular complexity index is 853. The Morgan fingerprint density at radius 3 is 2.56 bits per heavy atom. The number of morpholine rings is 1. The van der Waals surface area contributed by atoms with Gasteiger partial charge in [-0.15, -0.1) is 35.3 Å². The van der Waals surface area contributed by atoms with Crippen LogP contribution in [0.5, 0.6) is 0 Å². The second kappa shape index (κ2) is 13.1. The Kier molecular flexibility index (Phi) is 10.8. The molecule has 0 aliphatic carbocycles. The van der Waals surface area contributed by atoms with Gasteiger partial charge in [-0.1, -0.05) is 18.2 Å². The molecule has 1 fully saturated rings. The van der Waals surface area contributed by atoms with Crippen molar-refractivity contribution >= 4 is 47.0 Å². The molecule has 10 heteroatoms. The molecule has 2 heterocycles.